The summed E-state index contributed by atoms with van der Waals surface area (Å²) in [6, 6.07) is 16.6. The van der Waals surface area contributed by atoms with Crippen molar-refractivity contribution in [3.63, 3.8) is 0 Å². The van der Waals surface area contributed by atoms with Crippen LogP contribution in [0.25, 0.3) is 21.8 Å². The summed E-state index contributed by atoms with van der Waals surface area (Å²) in [7, 11) is 7.20. The summed E-state index contributed by atoms with van der Waals surface area (Å²) in [5.74, 6) is 2.45. The molecule has 0 radical (unpaired) electrons. The number of aromatic nitrogens is 4. The lowest BCUT2D eigenvalue weighted by atomic mass is 9.92. The Morgan fingerprint density at radius 3 is 1.59 bits per heavy atom. The van der Waals surface area contributed by atoms with E-state index in [1.807, 2.05) is 41.1 Å². The fraction of sp³-hybridized carbons (Fsp3) is 0.444. The van der Waals surface area contributed by atoms with Crippen LogP contribution in [0.4, 0.5) is 41.4 Å². The van der Waals surface area contributed by atoms with Crippen molar-refractivity contribution in [2.45, 2.75) is 75.7 Å². The van der Waals surface area contributed by atoms with Crippen LogP contribution in [0.1, 0.15) is 51.4 Å². The normalized spacial score (nSPS) is 20.0. The molecule has 6 aromatic rings. The predicted octanol–water partition coefficient (Wildman–Crippen LogP) is 10.1. The van der Waals surface area contributed by atoms with Crippen LogP contribution in [0.15, 0.2) is 73.3 Å². The number of piperazine rings is 1. The van der Waals surface area contributed by atoms with Gasteiger partial charge >= 0.3 is 12.1 Å². The minimum Gasteiger partial charge on any atom is -0.493 e. The zero-order valence-electron chi connectivity index (χ0n) is 43.0. The van der Waals surface area contributed by atoms with Gasteiger partial charge in [-0.05, 0) is 107 Å². The van der Waals surface area contributed by atoms with E-state index in [-0.39, 0.29) is 46.4 Å². The van der Waals surface area contributed by atoms with Crippen molar-refractivity contribution in [1.82, 2.24) is 44.9 Å². The number of hydrogen-bond acceptors (Lipinski definition) is 14. The number of carbonyl (C=O) groups excluding carboxylic acids is 2. The summed E-state index contributed by atoms with van der Waals surface area (Å²) in [5, 5.41) is 11.0. The number of fused-ring (bicyclic) bond motifs is 2. The van der Waals surface area contributed by atoms with Crippen molar-refractivity contribution in [3.8, 4) is 23.0 Å². The Morgan fingerprint density at radius 2 is 1.12 bits per heavy atom. The molecule has 4 fully saturated rings. The van der Waals surface area contributed by atoms with Crippen molar-refractivity contribution in [1.29, 1.82) is 0 Å². The number of likely N-dealkylation sites (N-methyl/N-ethyl adjacent to an activating group) is 1. The fourth-order valence-electron chi connectivity index (χ4n) is 9.90. The second-order valence-corrected chi connectivity index (χ2v) is 20.2. The van der Waals surface area contributed by atoms with Crippen LogP contribution in [-0.4, -0.2) is 157 Å². The lowest BCUT2D eigenvalue weighted by Gasteiger charge is -2.39. The highest BCUT2D eigenvalue weighted by molar-refractivity contribution is 6.31. The molecule has 22 heteroatoms. The van der Waals surface area contributed by atoms with Gasteiger partial charge in [-0.15, -0.1) is 0 Å². The molecule has 4 heterocycles. The molecule has 4 aromatic carbocycles. The Labute approximate surface area is 450 Å². The quantitative estimate of drug-likeness (QED) is 0.105. The van der Waals surface area contributed by atoms with Crippen molar-refractivity contribution >= 4 is 80.1 Å². The van der Waals surface area contributed by atoms with Crippen molar-refractivity contribution in [2.75, 3.05) is 91.4 Å². The zero-order chi connectivity index (χ0) is 53.3. The van der Waals surface area contributed by atoms with Gasteiger partial charge in [0.25, 0.3) is 0 Å². The molecule has 76 heavy (non-hydrogen) atoms. The number of anilines is 4. The van der Waals surface area contributed by atoms with Gasteiger partial charge in [-0.3, -0.25) is 0 Å². The molecular weight excluding hydrogens is 1020 g/mol. The summed E-state index contributed by atoms with van der Waals surface area (Å²) < 4.78 is 56.5. The van der Waals surface area contributed by atoms with Gasteiger partial charge in [0, 0.05) is 92.7 Å². The first-order valence-corrected chi connectivity index (χ1v) is 26.3. The van der Waals surface area contributed by atoms with Crippen LogP contribution in [0.3, 0.4) is 0 Å². The number of urea groups is 2. The van der Waals surface area contributed by atoms with Gasteiger partial charge < -0.3 is 59.2 Å². The molecule has 0 spiro atoms. The van der Waals surface area contributed by atoms with E-state index in [0.717, 1.165) is 88.3 Å². The zero-order valence-corrected chi connectivity index (χ0v) is 44.5. The number of benzene rings is 4. The largest absolute Gasteiger partial charge is 0.493 e. The number of nitrogens with one attached hydrogen (secondary N) is 3. The number of methoxy groups -OCH3 is 2. The molecule has 0 bridgehead atoms. The molecule has 0 unspecified atom stereocenters. The van der Waals surface area contributed by atoms with Gasteiger partial charge in [-0.1, -0.05) is 23.2 Å². The van der Waals surface area contributed by atoms with Gasteiger partial charge in [-0.25, -0.2) is 38.3 Å². The second-order valence-electron chi connectivity index (χ2n) is 19.4. The first-order valence-electron chi connectivity index (χ1n) is 25.6. The van der Waals surface area contributed by atoms with Gasteiger partial charge in [0.1, 0.15) is 35.9 Å². The minimum absolute atomic E-state index is 0.00307. The predicted molar refractivity (Wildman–Crippen MR) is 288 cm³/mol. The van der Waals surface area contributed by atoms with Crippen LogP contribution in [0, 0.1) is 11.6 Å². The van der Waals surface area contributed by atoms with E-state index in [0.29, 0.717) is 83.3 Å². The number of rotatable bonds is 12. The van der Waals surface area contributed by atoms with Crippen LogP contribution < -0.4 is 34.9 Å². The molecule has 2 saturated carbocycles. The molecule has 404 valence electrons. The van der Waals surface area contributed by atoms with Crippen molar-refractivity contribution in [3.05, 3.63) is 95.0 Å². The monoisotopic (exact) mass is 1090 g/mol. The van der Waals surface area contributed by atoms with E-state index >= 15 is 0 Å². The second kappa shape index (κ2) is 24.9. The third kappa shape index (κ3) is 13.3. The number of carbonyl (C=O) groups is 2. The highest BCUT2D eigenvalue weighted by Gasteiger charge is 2.32. The van der Waals surface area contributed by atoms with E-state index in [1.165, 1.54) is 36.9 Å². The molecule has 4 amide bonds. The van der Waals surface area contributed by atoms with E-state index in [9.17, 15) is 18.4 Å². The van der Waals surface area contributed by atoms with E-state index in [1.54, 1.807) is 31.3 Å². The standard InChI is InChI=1S/C28H34ClFN6O3.C26H29ClFN5O4/c1-34-10-12-36(13-11-34)28(37)35(2)19-5-7-20(8-6-19)39-26-15-21-24(16-25(26)38-3)31-17-32-27(21)33-18-4-9-23(30)22(29)14-18;1-35-23-14-22-19(25(30-15-29-22)31-17-4-7-21(28)20(27)12-17)13-24(23)37-18-5-2-16(3-6-18)32-26(34)33-8-10-36-11-9-33/h4,9,14-17,19-20H,5-8,10-13H2,1-3H3,(H,31,32,33);4,7,12-16,18H,2-3,5-6,8-11H2,1H3,(H,32,34)(H,29,30,31)/t19-,20+;16-,18+. The van der Waals surface area contributed by atoms with Crippen molar-refractivity contribution in [2.24, 2.45) is 0 Å². The maximum atomic E-state index is 13.6. The number of hydrogen-bond donors (Lipinski definition) is 3. The van der Waals surface area contributed by atoms with E-state index in [4.69, 9.17) is 46.9 Å². The van der Waals surface area contributed by atoms with E-state index < -0.39 is 11.6 Å². The van der Waals surface area contributed by atoms with Gasteiger partial charge in [0.15, 0.2) is 23.0 Å². The van der Waals surface area contributed by atoms with Gasteiger partial charge in [-0.2, -0.15) is 0 Å². The summed E-state index contributed by atoms with van der Waals surface area (Å²) in [6.45, 7) is 5.79. The Bertz CT molecular complexity index is 2990. The summed E-state index contributed by atoms with van der Waals surface area (Å²) >= 11 is 11.9. The van der Waals surface area contributed by atoms with E-state index in [2.05, 4.69) is 47.8 Å². The molecule has 2 aromatic heterocycles. The third-order valence-electron chi connectivity index (χ3n) is 14.4. The molecule has 0 atom stereocenters. The Morgan fingerprint density at radius 1 is 0.632 bits per heavy atom. The highest BCUT2D eigenvalue weighted by atomic mass is 35.5. The van der Waals surface area contributed by atoms with Crippen molar-refractivity contribution < 1.29 is 42.1 Å². The topological polar surface area (TPSA) is 181 Å². The third-order valence-corrected chi connectivity index (χ3v) is 14.9. The molecule has 2 aliphatic heterocycles. The molecule has 10 rings (SSSR count). The highest BCUT2D eigenvalue weighted by Crippen LogP contribution is 2.39. The molecular formula is C54H63Cl2F2N11O7. The minimum atomic E-state index is -0.490. The number of ether oxygens (including phenoxy) is 5. The van der Waals surface area contributed by atoms with Gasteiger partial charge in [0.2, 0.25) is 0 Å². The fourth-order valence-corrected chi connectivity index (χ4v) is 10.3. The van der Waals surface area contributed by atoms with Crippen LogP contribution in [-0.2, 0) is 4.74 Å². The molecule has 4 aliphatic rings. The molecule has 2 aliphatic carbocycles. The number of amides is 4. The molecule has 2 saturated heterocycles. The average molecular weight is 1090 g/mol. The average Bonchev–Trinajstić information content (AvgIpc) is 3.44. The Balaban J connectivity index is 0.000000186. The van der Waals surface area contributed by atoms with Crippen LogP contribution in [0.5, 0.6) is 23.0 Å². The lowest BCUT2D eigenvalue weighted by molar-refractivity contribution is 0.0514. The summed E-state index contributed by atoms with van der Waals surface area (Å²) in [5.41, 5.74) is 2.55. The van der Waals surface area contributed by atoms with Crippen LogP contribution >= 0.6 is 23.2 Å². The first kappa shape index (κ1) is 54.1. The summed E-state index contributed by atoms with van der Waals surface area (Å²) in [6.07, 6.45) is 9.56. The smallest absolute Gasteiger partial charge is 0.320 e. The summed E-state index contributed by atoms with van der Waals surface area (Å²) in [4.78, 5) is 51.0. The lowest BCUT2D eigenvalue weighted by Crippen LogP contribution is -2.53. The number of nitrogens with zero attached hydrogens (tertiary/aromatic N) is 8. The Hall–Kier alpha value is -6.74. The SMILES string of the molecule is COc1cc2ncnc(Nc3ccc(F)c(Cl)c3)c2cc1O[C@H]1CC[C@@H](N(C)C(=O)N2CCN(C)CC2)CC1.COc1cc2ncnc(Nc3ccc(F)c(Cl)c3)c2cc1O[C@H]1CC[C@@H](NC(=O)N2CCOCC2)CC1. The first-order chi connectivity index (χ1) is 36.8. The Kier molecular flexibility index (Phi) is 17.7. The number of halogens is 4. The maximum Gasteiger partial charge on any atom is 0.320 e. The number of morpholine rings is 1. The maximum absolute atomic E-state index is 13.6. The van der Waals surface area contributed by atoms with Gasteiger partial charge in [0.05, 0.1) is 60.7 Å². The van der Waals surface area contributed by atoms with Crippen LogP contribution in [0.2, 0.25) is 10.0 Å². The molecule has 3 N–H and O–H groups in total. The molecule has 18 nitrogen and oxygen atoms in total.